The van der Waals surface area contributed by atoms with Gasteiger partial charge in [-0.15, -0.1) is 0 Å². The first-order chi connectivity index (χ1) is 13.6. The van der Waals surface area contributed by atoms with Crippen LogP contribution in [0.4, 0.5) is 0 Å². The Labute approximate surface area is 200 Å². The van der Waals surface area contributed by atoms with Gasteiger partial charge in [0.25, 0.3) is 0 Å². The van der Waals surface area contributed by atoms with Gasteiger partial charge in [-0.3, -0.25) is 4.79 Å². The van der Waals surface area contributed by atoms with E-state index in [9.17, 15) is 30.0 Å². The number of carboxylic acid groups (broad SMARTS) is 1. The summed E-state index contributed by atoms with van der Waals surface area (Å²) in [4.78, 5) is 22.8. The van der Waals surface area contributed by atoms with Gasteiger partial charge in [0.05, 0.1) is 24.2 Å². The maximum Gasteiger partial charge on any atom is 1.00 e. The van der Waals surface area contributed by atoms with Crippen LogP contribution in [0.2, 0.25) is 0 Å². The van der Waals surface area contributed by atoms with Gasteiger partial charge < -0.3 is 30.0 Å². The SMILES string of the molecule is CC(C)C(=O)O[C@H]1C[C@H](O)C=C2C=C[C@H](C)[C@H](CC[C@@H](O)C[C@@H](O)CC(=O)[O-])[C@H]21.[Na+]. The first-order valence-corrected chi connectivity index (χ1v) is 10.4. The van der Waals surface area contributed by atoms with E-state index < -0.39 is 36.8 Å². The molecule has 0 aromatic carbocycles. The summed E-state index contributed by atoms with van der Waals surface area (Å²) in [5.41, 5.74) is 0.944. The Hall–Kier alpha value is -0.700. The Kier molecular flexibility index (Phi) is 11.3. The number of allylic oxidation sites excluding steroid dienone is 2. The topological polar surface area (TPSA) is 127 Å². The number of esters is 1. The van der Waals surface area contributed by atoms with E-state index in [1.807, 2.05) is 6.08 Å². The minimum Gasteiger partial charge on any atom is -0.550 e. The zero-order chi connectivity index (χ0) is 21.7. The maximum absolute atomic E-state index is 12.2. The summed E-state index contributed by atoms with van der Waals surface area (Å²) in [5, 5.41) is 40.7. The molecule has 0 unspecified atom stereocenters. The van der Waals surface area contributed by atoms with Crippen molar-refractivity contribution >= 4 is 11.9 Å². The summed E-state index contributed by atoms with van der Waals surface area (Å²) in [7, 11) is 0. The molecule has 2 aliphatic rings. The number of carbonyl (C=O) groups is 2. The van der Waals surface area contributed by atoms with Crippen LogP contribution in [0.5, 0.6) is 0 Å². The van der Waals surface area contributed by atoms with Crippen molar-refractivity contribution in [3.05, 3.63) is 23.8 Å². The Morgan fingerprint density at radius 3 is 2.53 bits per heavy atom. The number of carboxylic acids is 1. The first-order valence-electron chi connectivity index (χ1n) is 10.4. The summed E-state index contributed by atoms with van der Waals surface area (Å²) >= 11 is 0. The van der Waals surface area contributed by atoms with Crippen LogP contribution in [-0.4, -0.2) is 51.7 Å². The van der Waals surface area contributed by atoms with Crippen molar-refractivity contribution in [2.24, 2.45) is 23.7 Å². The molecule has 0 radical (unpaired) electrons. The van der Waals surface area contributed by atoms with E-state index in [0.29, 0.717) is 19.3 Å². The summed E-state index contributed by atoms with van der Waals surface area (Å²) in [6.45, 7) is 5.61. The van der Waals surface area contributed by atoms with Crippen molar-refractivity contribution in [1.82, 2.24) is 0 Å². The van der Waals surface area contributed by atoms with Gasteiger partial charge in [-0.05, 0) is 36.7 Å². The number of aliphatic carboxylic acids is 1. The Morgan fingerprint density at radius 2 is 1.93 bits per heavy atom. The maximum atomic E-state index is 12.2. The molecule has 3 N–H and O–H groups in total. The molecule has 2 rings (SSSR count). The average Bonchev–Trinajstić information content (AvgIpc) is 2.60. The van der Waals surface area contributed by atoms with Crippen molar-refractivity contribution < 1.29 is 64.3 Å². The summed E-state index contributed by atoms with van der Waals surface area (Å²) in [6, 6.07) is 0. The van der Waals surface area contributed by atoms with E-state index in [0.717, 1.165) is 5.57 Å². The second-order valence-corrected chi connectivity index (χ2v) is 8.70. The summed E-state index contributed by atoms with van der Waals surface area (Å²) in [6.07, 6.45) is 3.60. The van der Waals surface area contributed by atoms with Crippen LogP contribution in [0.1, 0.15) is 52.9 Å². The zero-order valence-electron chi connectivity index (χ0n) is 18.4. The van der Waals surface area contributed by atoms with Gasteiger partial charge in [0.15, 0.2) is 0 Å². The van der Waals surface area contributed by atoms with Crippen molar-refractivity contribution in [3.63, 3.8) is 0 Å². The third-order valence-electron chi connectivity index (χ3n) is 5.89. The van der Waals surface area contributed by atoms with Gasteiger partial charge in [0.2, 0.25) is 0 Å². The molecule has 0 fully saturated rings. The molecule has 0 aliphatic heterocycles. The number of aliphatic hydroxyl groups excluding tert-OH is 3. The normalized spacial score (nSPS) is 30.0. The predicted molar refractivity (Wildman–Crippen MR) is 104 cm³/mol. The predicted octanol–water partition coefficient (Wildman–Crippen LogP) is -2.28. The number of carbonyl (C=O) groups excluding carboxylic acids is 2. The van der Waals surface area contributed by atoms with Crippen molar-refractivity contribution in [3.8, 4) is 0 Å². The van der Waals surface area contributed by atoms with Crippen LogP contribution >= 0.6 is 0 Å². The number of ether oxygens (including phenoxy) is 1. The third-order valence-corrected chi connectivity index (χ3v) is 5.89. The van der Waals surface area contributed by atoms with Gasteiger partial charge >= 0.3 is 35.5 Å². The van der Waals surface area contributed by atoms with Crippen LogP contribution in [0, 0.1) is 23.7 Å². The van der Waals surface area contributed by atoms with Gasteiger partial charge in [-0.25, -0.2) is 0 Å². The van der Waals surface area contributed by atoms with Gasteiger partial charge in [0, 0.05) is 24.7 Å². The Bertz CT molecular complexity index is 645. The molecule has 164 valence electrons. The molecule has 0 amide bonds. The Morgan fingerprint density at radius 1 is 1.27 bits per heavy atom. The van der Waals surface area contributed by atoms with E-state index in [1.54, 1.807) is 19.9 Å². The molecule has 30 heavy (non-hydrogen) atoms. The molecule has 8 heteroatoms. The van der Waals surface area contributed by atoms with Crippen LogP contribution in [0.25, 0.3) is 0 Å². The van der Waals surface area contributed by atoms with E-state index in [1.165, 1.54) is 0 Å². The molecule has 0 aromatic heterocycles. The van der Waals surface area contributed by atoms with Gasteiger partial charge in [0.1, 0.15) is 6.10 Å². The smallest absolute Gasteiger partial charge is 0.550 e. The van der Waals surface area contributed by atoms with E-state index >= 15 is 0 Å². The number of hydrogen-bond acceptors (Lipinski definition) is 7. The molecule has 7 atom stereocenters. The number of hydrogen-bond donors (Lipinski definition) is 3. The molecular weight excluding hydrogens is 399 g/mol. The molecule has 2 aliphatic carbocycles. The van der Waals surface area contributed by atoms with Crippen molar-refractivity contribution in [1.29, 1.82) is 0 Å². The molecule has 7 nitrogen and oxygen atoms in total. The molecule has 0 saturated carbocycles. The zero-order valence-corrected chi connectivity index (χ0v) is 20.4. The summed E-state index contributed by atoms with van der Waals surface area (Å²) < 4.78 is 5.74. The molecule has 0 bridgehead atoms. The van der Waals surface area contributed by atoms with Crippen LogP contribution in [0.15, 0.2) is 23.8 Å². The second kappa shape index (κ2) is 12.4. The van der Waals surface area contributed by atoms with Crippen LogP contribution in [0.3, 0.4) is 0 Å². The Balaban J connectivity index is 0.00000450. The fourth-order valence-corrected chi connectivity index (χ4v) is 4.36. The second-order valence-electron chi connectivity index (χ2n) is 8.70. The quantitative estimate of drug-likeness (QED) is 0.277. The fraction of sp³-hybridized carbons (Fsp3) is 0.727. The van der Waals surface area contributed by atoms with Crippen LogP contribution < -0.4 is 34.7 Å². The van der Waals surface area contributed by atoms with E-state index in [4.69, 9.17) is 4.74 Å². The molecule has 0 heterocycles. The summed E-state index contributed by atoms with van der Waals surface area (Å²) in [5.74, 6) is -1.69. The van der Waals surface area contributed by atoms with Crippen LogP contribution in [-0.2, 0) is 14.3 Å². The van der Waals surface area contributed by atoms with Crippen molar-refractivity contribution in [2.45, 2.75) is 77.3 Å². The standard InChI is InChI=1S/C22H34O7.Na/c1-12(2)22(28)29-19-10-16(24)8-14-5-4-13(3)18(21(14)19)7-6-15(23)9-17(25)11-20(26)27;/h4-5,8,12-13,15-19,21,23-25H,6-7,9-11H2,1-3H3,(H,26,27);/q;+1/p-1/t13-,15+,16+,17+,18-,19-,21-;/m0./s1. The number of fused-ring (bicyclic) bond motifs is 1. The van der Waals surface area contributed by atoms with Crippen molar-refractivity contribution in [2.75, 3.05) is 0 Å². The van der Waals surface area contributed by atoms with Gasteiger partial charge in [-0.1, -0.05) is 39.0 Å². The molecule has 0 aromatic rings. The monoisotopic (exact) mass is 432 g/mol. The molecular formula is C22H33NaO7. The number of aliphatic hydroxyl groups is 3. The van der Waals surface area contributed by atoms with Gasteiger partial charge in [-0.2, -0.15) is 0 Å². The first kappa shape index (κ1) is 27.3. The fourth-order valence-electron chi connectivity index (χ4n) is 4.36. The molecule has 0 saturated heterocycles. The minimum absolute atomic E-state index is 0. The third kappa shape index (κ3) is 7.77. The average molecular weight is 432 g/mol. The largest absolute Gasteiger partial charge is 1.00 e. The van der Waals surface area contributed by atoms with E-state index in [2.05, 4.69) is 13.0 Å². The minimum atomic E-state index is -1.35. The molecule has 0 spiro atoms. The number of rotatable bonds is 9. The van der Waals surface area contributed by atoms with E-state index in [-0.39, 0.29) is 65.6 Å².